The van der Waals surface area contributed by atoms with E-state index in [1.54, 1.807) is 0 Å². The summed E-state index contributed by atoms with van der Waals surface area (Å²) >= 11 is 6.04. The lowest BCUT2D eigenvalue weighted by Crippen LogP contribution is -2.13. The third-order valence-corrected chi connectivity index (χ3v) is 3.07. The predicted molar refractivity (Wildman–Crippen MR) is 62.1 cm³/mol. The molecule has 0 aliphatic heterocycles. The van der Waals surface area contributed by atoms with Gasteiger partial charge in [-0.15, -0.1) is 0 Å². The molecule has 1 heteroatoms. The average molecular weight is 209 g/mol. The van der Waals surface area contributed by atoms with Crippen LogP contribution in [0.4, 0.5) is 0 Å². The van der Waals surface area contributed by atoms with E-state index in [-0.39, 0.29) is 5.41 Å². The van der Waals surface area contributed by atoms with Gasteiger partial charge in [-0.2, -0.15) is 0 Å². The second kappa shape index (κ2) is 3.27. The van der Waals surface area contributed by atoms with Gasteiger partial charge < -0.3 is 0 Å². The van der Waals surface area contributed by atoms with Crippen molar-refractivity contribution < 1.29 is 0 Å². The highest BCUT2D eigenvalue weighted by molar-refractivity contribution is 6.30. The Labute approximate surface area is 91.3 Å². The molecule has 0 aromatic heterocycles. The van der Waals surface area contributed by atoms with E-state index in [2.05, 4.69) is 32.9 Å². The Hall–Kier alpha value is -0.490. The minimum Gasteiger partial charge on any atom is -0.0843 e. The predicted octanol–water partition coefficient (Wildman–Crippen LogP) is 4.51. The van der Waals surface area contributed by atoms with Gasteiger partial charge in [0.05, 0.1) is 0 Å². The molecule has 1 aliphatic rings. The van der Waals surface area contributed by atoms with E-state index in [4.69, 9.17) is 11.6 Å². The fourth-order valence-corrected chi connectivity index (χ4v) is 2.13. The third-order valence-electron chi connectivity index (χ3n) is 2.84. The summed E-state index contributed by atoms with van der Waals surface area (Å²) in [6, 6.07) is 6.35. The minimum atomic E-state index is 0.239. The molecule has 0 atom stereocenters. The van der Waals surface area contributed by atoms with Crippen LogP contribution in [0.3, 0.4) is 0 Å². The second-order valence-electron chi connectivity index (χ2n) is 5.26. The van der Waals surface area contributed by atoms with Crippen LogP contribution in [0.15, 0.2) is 18.2 Å². The first-order chi connectivity index (χ1) is 6.48. The van der Waals surface area contributed by atoms with Crippen molar-refractivity contribution in [2.24, 2.45) is 0 Å². The normalized spacial score (nSPS) is 17.1. The van der Waals surface area contributed by atoms with Crippen LogP contribution in [0.2, 0.25) is 5.02 Å². The lowest BCUT2D eigenvalue weighted by atomic mass is 9.82. The second-order valence-corrected chi connectivity index (χ2v) is 5.69. The molecule has 0 heterocycles. The number of benzene rings is 1. The van der Waals surface area contributed by atoms with Gasteiger partial charge in [-0.05, 0) is 47.4 Å². The number of halogens is 1. The van der Waals surface area contributed by atoms with Crippen LogP contribution in [-0.4, -0.2) is 0 Å². The topological polar surface area (TPSA) is 0 Å². The molecule has 0 N–H and O–H groups in total. The van der Waals surface area contributed by atoms with Gasteiger partial charge >= 0.3 is 0 Å². The molecule has 0 saturated heterocycles. The fraction of sp³-hybridized carbons (Fsp3) is 0.538. The molecule has 0 nitrogen and oxygen atoms in total. The first-order valence-electron chi connectivity index (χ1n) is 5.28. The Morgan fingerprint density at radius 2 is 1.86 bits per heavy atom. The molecule has 0 radical (unpaired) electrons. The smallest absolute Gasteiger partial charge is 0.0409 e. The fourth-order valence-electron chi connectivity index (χ4n) is 1.95. The zero-order valence-electron chi connectivity index (χ0n) is 9.10. The molecule has 0 amide bonds. The Morgan fingerprint density at radius 3 is 2.36 bits per heavy atom. The maximum absolute atomic E-state index is 6.04. The molecular formula is C13H17Cl. The molecule has 0 unspecified atom stereocenters. The molecule has 2 rings (SSSR count). The molecule has 0 bridgehead atoms. The first-order valence-corrected chi connectivity index (χ1v) is 5.66. The van der Waals surface area contributed by atoms with Crippen molar-refractivity contribution in [3.05, 3.63) is 34.3 Å². The van der Waals surface area contributed by atoms with Crippen LogP contribution in [0.1, 0.15) is 50.7 Å². The van der Waals surface area contributed by atoms with E-state index in [0.717, 1.165) is 10.9 Å². The van der Waals surface area contributed by atoms with Crippen molar-refractivity contribution in [3.63, 3.8) is 0 Å². The summed E-state index contributed by atoms with van der Waals surface area (Å²) in [4.78, 5) is 0. The summed E-state index contributed by atoms with van der Waals surface area (Å²) in [5, 5.41) is 0.875. The molecule has 1 fully saturated rings. The number of hydrogen-bond donors (Lipinski definition) is 0. The van der Waals surface area contributed by atoms with Crippen molar-refractivity contribution in [3.8, 4) is 0 Å². The van der Waals surface area contributed by atoms with Crippen LogP contribution < -0.4 is 0 Å². The number of rotatable bonds is 1. The van der Waals surface area contributed by atoms with Crippen molar-refractivity contribution >= 4 is 11.6 Å². The molecular weight excluding hydrogens is 192 g/mol. The summed E-state index contributed by atoms with van der Waals surface area (Å²) in [7, 11) is 0. The van der Waals surface area contributed by atoms with Crippen molar-refractivity contribution in [2.75, 3.05) is 0 Å². The van der Waals surface area contributed by atoms with Crippen LogP contribution in [0.5, 0.6) is 0 Å². The summed E-state index contributed by atoms with van der Waals surface area (Å²) < 4.78 is 0. The van der Waals surface area contributed by atoms with E-state index in [1.807, 2.05) is 6.07 Å². The largest absolute Gasteiger partial charge is 0.0843 e. The van der Waals surface area contributed by atoms with E-state index < -0.39 is 0 Å². The standard InChI is InChI=1S/C13H17Cl/c1-13(2,3)12-7-6-10(14)8-11(12)9-4-5-9/h6-9H,4-5H2,1-3H3. The van der Waals surface area contributed by atoms with Crippen LogP contribution in [0.25, 0.3) is 0 Å². The quantitative estimate of drug-likeness (QED) is 0.637. The van der Waals surface area contributed by atoms with Gasteiger partial charge in [0, 0.05) is 5.02 Å². The highest BCUT2D eigenvalue weighted by Gasteiger charge is 2.29. The maximum Gasteiger partial charge on any atom is 0.0409 e. The molecule has 76 valence electrons. The van der Waals surface area contributed by atoms with Crippen LogP contribution in [0, 0.1) is 0 Å². The highest BCUT2D eigenvalue weighted by Crippen LogP contribution is 2.45. The van der Waals surface area contributed by atoms with Gasteiger partial charge in [0.15, 0.2) is 0 Å². The zero-order valence-corrected chi connectivity index (χ0v) is 9.86. The Morgan fingerprint density at radius 1 is 1.21 bits per heavy atom. The van der Waals surface area contributed by atoms with Gasteiger partial charge in [-0.1, -0.05) is 38.4 Å². The Balaban J connectivity index is 2.47. The molecule has 1 aromatic rings. The van der Waals surface area contributed by atoms with Crippen LogP contribution >= 0.6 is 11.6 Å². The molecule has 0 spiro atoms. The lowest BCUT2D eigenvalue weighted by Gasteiger charge is -2.23. The Kier molecular flexibility index (Phi) is 2.35. The van der Waals surface area contributed by atoms with E-state index in [0.29, 0.717) is 0 Å². The van der Waals surface area contributed by atoms with E-state index in [9.17, 15) is 0 Å². The summed E-state index contributed by atoms with van der Waals surface area (Å²) in [6.07, 6.45) is 2.67. The van der Waals surface area contributed by atoms with Gasteiger partial charge in [0.2, 0.25) is 0 Å². The van der Waals surface area contributed by atoms with Gasteiger partial charge in [-0.25, -0.2) is 0 Å². The van der Waals surface area contributed by atoms with Crippen molar-refractivity contribution in [2.45, 2.75) is 44.9 Å². The van der Waals surface area contributed by atoms with Crippen molar-refractivity contribution in [1.29, 1.82) is 0 Å². The lowest BCUT2D eigenvalue weighted by molar-refractivity contribution is 0.582. The van der Waals surface area contributed by atoms with Gasteiger partial charge in [0.25, 0.3) is 0 Å². The van der Waals surface area contributed by atoms with E-state index in [1.165, 1.54) is 24.0 Å². The van der Waals surface area contributed by atoms with Crippen LogP contribution in [-0.2, 0) is 5.41 Å². The summed E-state index contributed by atoms with van der Waals surface area (Å²) in [6.45, 7) is 6.80. The molecule has 14 heavy (non-hydrogen) atoms. The third kappa shape index (κ3) is 1.95. The first kappa shape index (κ1) is 10.0. The van der Waals surface area contributed by atoms with Gasteiger partial charge in [0.1, 0.15) is 0 Å². The van der Waals surface area contributed by atoms with Gasteiger partial charge in [-0.3, -0.25) is 0 Å². The molecule has 1 saturated carbocycles. The summed E-state index contributed by atoms with van der Waals surface area (Å²) in [5.41, 5.74) is 3.18. The molecule has 1 aliphatic carbocycles. The SMILES string of the molecule is CC(C)(C)c1ccc(Cl)cc1C1CC1. The maximum atomic E-state index is 6.04. The highest BCUT2D eigenvalue weighted by atomic mass is 35.5. The minimum absolute atomic E-state index is 0.239. The average Bonchev–Trinajstić information content (AvgIpc) is 2.83. The monoisotopic (exact) mass is 208 g/mol. The summed E-state index contributed by atoms with van der Waals surface area (Å²) in [5.74, 6) is 0.780. The molecule has 1 aromatic carbocycles. The Bertz CT molecular complexity index is 343. The zero-order chi connectivity index (χ0) is 10.3. The van der Waals surface area contributed by atoms with Crippen molar-refractivity contribution in [1.82, 2.24) is 0 Å². The van der Waals surface area contributed by atoms with E-state index >= 15 is 0 Å². The number of hydrogen-bond acceptors (Lipinski definition) is 0.